The topological polar surface area (TPSA) is 95.6 Å². The standard InChI is InChI=1S/C19H21N3O4S/c1-22(27(2,25)26)17-6-4-3-5-16(17)19(24)21-14-9-7-13(8-10-14)18(23)20-15-11-12-15/h3-10,15H,11-12H2,1-2H3,(H,20,23)(H,21,24). The maximum atomic E-state index is 12.6. The minimum Gasteiger partial charge on any atom is -0.349 e. The number of nitrogens with one attached hydrogen (secondary N) is 2. The van der Waals surface area contributed by atoms with Crippen LogP contribution in [0.1, 0.15) is 33.6 Å². The molecule has 0 heterocycles. The Kier molecular flexibility index (Phi) is 5.18. The van der Waals surface area contributed by atoms with Crippen LogP contribution in [0.5, 0.6) is 0 Å². The predicted octanol–water partition coefficient (Wildman–Crippen LogP) is 2.23. The number of para-hydroxylation sites is 1. The average molecular weight is 387 g/mol. The molecule has 0 aliphatic heterocycles. The molecule has 0 saturated heterocycles. The molecule has 3 rings (SSSR count). The van der Waals surface area contributed by atoms with E-state index in [4.69, 9.17) is 0 Å². The van der Waals surface area contributed by atoms with Crippen molar-refractivity contribution in [3.63, 3.8) is 0 Å². The number of benzene rings is 2. The number of amides is 2. The SMILES string of the molecule is CN(c1ccccc1C(=O)Nc1ccc(C(=O)NC2CC2)cc1)S(C)(=O)=O. The molecule has 2 aromatic rings. The zero-order chi connectivity index (χ0) is 19.6. The summed E-state index contributed by atoms with van der Waals surface area (Å²) in [6.07, 6.45) is 3.11. The fraction of sp³-hybridized carbons (Fsp3) is 0.263. The van der Waals surface area contributed by atoms with Gasteiger partial charge in [0.1, 0.15) is 0 Å². The molecule has 1 fully saturated rings. The smallest absolute Gasteiger partial charge is 0.257 e. The van der Waals surface area contributed by atoms with E-state index >= 15 is 0 Å². The molecule has 0 bridgehead atoms. The van der Waals surface area contributed by atoms with Gasteiger partial charge in [-0.2, -0.15) is 0 Å². The molecule has 2 amide bonds. The van der Waals surface area contributed by atoms with Crippen LogP contribution in [0, 0.1) is 0 Å². The normalized spacial score (nSPS) is 13.7. The van der Waals surface area contributed by atoms with Crippen LogP contribution in [0.2, 0.25) is 0 Å². The summed E-state index contributed by atoms with van der Waals surface area (Å²) < 4.78 is 24.7. The van der Waals surface area contributed by atoms with E-state index in [9.17, 15) is 18.0 Å². The van der Waals surface area contributed by atoms with Crippen molar-refractivity contribution in [2.24, 2.45) is 0 Å². The van der Waals surface area contributed by atoms with Gasteiger partial charge < -0.3 is 10.6 Å². The minimum atomic E-state index is -3.50. The minimum absolute atomic E-state index is 0.129. The molecule has 0 atom stereocenters. The van der Waals surface area contributed by atoms with Crippen molar-refractivity contribution in [2.75, 3.05) is 22.9 Å². The Labute approximate surface area is 158 Å². The molecular weight excluding hydrogens is 366 g/mol. The van der Waals surface area contributed by atoms with Gasteiger partial charge in [-0.15, -0.1) is 0 Å². The summed E-state index contributed by atoms with van der Waals surface area (Å²) in [6, 6.07) is 13.3. The van der Waals surface area contributed by atoms with Gasteiger partial charge in [0, 0.05) is 24.3 Å². The monoisotopic (exact) mass is 387 g/mol. The zero-order valence-electron chi connectivity index (χ0n) is 15.1. The first-order valence-electron chi connectivity index (χ1n) is 8.51. The molecule has 27 heavy (non-hydrogen) atoms. The molecule has 8 heteroatoms. The van der Waals surface area contributed by atoms with Gasteiger partial charge in [0.25, 0.3) is 11.8 Å². The second kappa shape index (κ2) is 7.40. The molecule has 1 aliphatic rings. The number of nitrogens with zero attached hydrogens (tertiary/aromatic N) is 1. The molecule has 0 unspecified atom stereocenters. The number of hydrogen-bond donors (Lipinski definition) is 2. The van der Waals surface area contributed by atoms with Crippen LogP contribution in [-0.2, 0) is 10.0 Å². The van der Waals surface area contributed by atoms with E-state index in [0.717, 1.165) is 23.4 Å². The summed E-state index contributed by atoms with van der Waals surface area (Å²) >= 11 is 0. The predicted molar refractivity (Wildman–Crippen MR) is 105 cm³/mol. The summed E-state index contributed by atoms with van der Waals surface area (Å²) in [5.74, 6) is -0.563. The molecule has 1 saturated carbocycles. The van der Waals surface area contributed by atoms with Gasteiger partial charge in [-0.05, 0) is 49.2 Å². The van der Waals surface area contributed by atoms with Crippen LogP contribution in [0.25, 0.3) is 0 Å². The number of carbonyl (C=O) groups excluding carboxylic acids is 2. The highest BCUT2D eigenvalue weighted by Gasteiger charge is 2.24. The number of rotatable bonds is 6. The third kappa shape index (κ3) is 4.65. The molecule has 2 aromatic carbocycles. The van der Waals surface area contributed by atoms with Crippen LogP contribution in [0.3, 0.4) is 0 Å². The Morgan fingerprint density at radius 1 is 1.00 bits per heavy atom. The van der Waals surface area contributed by atoms with Crippen LogP contribution >= 0.6 is 0 Å². The van der Waals surface area contributed by atoms with Crippen molar-refractivity contribution in [3.8, 4) is 0 Å². The van der Waals surface area contributed by atoms with Crippen molar-refractivity contribution in [1.82, 2.24) is 5.32 Å². The second-order valence-corrected chi connectivity index (χ2v) is 8.54. The fourth-order valence-electron chi connectivity index (χ4n) is 2.52. The summed E-state index contributed by atoms with van der Waals surface area (Å²) in [4.78, 5) is 24.6. The first kappa shape index (κ1) is 18.9. The first-order chi connectivity index (χ1) is 12.8. The molecule has 0 spiro atoms. The number of sulfonamides is 1. The van der Waals surface area contributed by atoms with Gasteiger partial charge in [0.15, 0.2) is 0 Å². The van der Waals surface area contributed by atoms with E-state index in [1.54, 1.807) is 48.5 Å². The Hall–Kier alpha value is -2.87. The average Bonchev–Trinajstić information content (AvgIpc) is 3.44. The third-order valence-corrected chi connectivity index (χ3v) is 5.49. The quantitative estimate of drug-likeness (QED) is 0.794. The van der Waals surface area contributed by atoms with Crippen LogP contribution in [-0.4, -0.2) is 39.6 Å². The number of anilines is 2. The van der Waals surface area contributed by atoms with Crippen LogP contribution in [0.4, 0.5) is 11.4 Å². The highest BCUT2D eigenvalue weighted by atomic mass is 32.2. The summed E-state index contributed by atoms with van der Waals surface area (Å²) in [6.45, 7) is 0. The van der Waals surface area contributed by atoms with Crippen molar-refractivity contribution < 1.29 is 18.0 Å². The lowest BCUT2D eigenvalue weighted by Gasteiger charge is -2.19. The van der Waals surface area contributed by atoms with Gasteiger partial charge in [-0.1, -0.05) is 12.1 Å². The largest absolute Gasteiger partial charge is 0.349 e. The Morgan fingerprint density at radius 3 is 2.22 bits per heavy atom. The van der Waals surface area contributed by atoms with Gasteiger partial charge in [-0.25, -0.2) is 8.42 Å². The highest BCUT2D eigenvalue weighted by Crippen LogP contribution is 2.23. The summed E-state index contributed by atoms with van der Waals surface area (Å²) in [7, 11) is -2.10. The lowest BCUT2D eigenvalue weighted by atomic mass is 10.1. The van der Waals surface area contributed by atoms with Crippen molar-refractivity contribution in [2.45, 2.75) is 18.9 Å². The number of hydrogen-bond acceptors (Lipinski definition) is 4. The lowest BCUT2D eigenvalue weighted by molar-refractivity contribution is 0.0950. The van der Waals surface area contributed by atoms with Crippen LogP contribution in [0.15, 0.2) is 48.5 Å². The molecule has 0 radical (unpaired) electrons. The van der Waals surface area contributed by atoms with Crippen LogP contribution < -0.4 is 14.9 Å². The maximum absolute atomic E-state index is 12.6. The molecule has 142 valence electrons. The van der Waals surface area contributed by atoms with E-state index in [1.807, 2.05) is 0 Å². The van der Waals surface area contributed by atoms with Gasteiger partial charge in [-0.3, -0.25) is 13.9 Å². The zero-order valence-corrected chi connectivity index (χ0v) is 15.9. The Morgan fingerprint density at radius 2 is 1.63 bits per heavy atom. The van der Waals surface area contributed by atoms with Crippen molar-refractivity contribution in [3.05, 3.63) is 59.7 Å². The Bertz CT molecular complexity index is 967. The molecule has 7 nitrogen and oxygen atoms in total. The van der Waals surface area contributed by atoms with Gasteiger partial charge in [0.2, 0.25) is 10.0 Å². The Balaban J connectivity index is 1.75. The number of carbonyl (C=O) groups is 2. The van der Waals surface area contributed by atoms with E-state index < -0.39 is 15.9 Å². The summed E-state index contributed by atoms with van der Waals surface area (Å²) in [5.41, 5.74) is 1.57. The van der Waals surface area contributed by atoms with E-state index in [2.05, 4.69) is 10.6 Å². The van der Waals surface area contributed by atoms with Gasteiger partial charge in [0.05, 0.1) is 17.5 Å². The summed E-state index contributed by atoms with van der Waals surface area (Å²) in [5, 5.41) is 5.63. The van der Waals surface area contributed by atoms with Crippen molar-refractivity contribution >= 4 is 33.2 Å². The molecule has 2 N–H and O–H groups in total. The lowest BCUT2D eigenvalue weighted by Crippen LogP contribution is -2.27. The van der Waals surface area contributed by atoms with Crippen molar-refractivity contribution in [1.29, 1.82) is 0 Å². The molecular formula is C19H21N3O4S. The fourth-order valence-corrected chi connectivity index (χ4v) is 3.04. The maximum Gasteiger partial charge on any atom is 0.257 e. The van der Waals surface area contributed by atoms with E-state index in [-0.39, 0.29) is 23.2 Å². The second-order valence-electron chi connectivity index (χ2n) is 6.53. The van der Waals surface area contributed by atoms with E-state index in [1.165, 1.54) is 7.05 Å². The molecule has 0 aromatic heterocycles. The van der Waals surface area contributed by atoms with Gasteiger partial charge >= 0.3 is 0 Å². The third-order valence-electron chi connectivity index (χ3n) is 4.30. The van der Waals surface area contributed by atoms with E-state index in [0.29, 0.717) is 11.3 Å². The highest BCUT2D eigenvalue weighted by molar-refractivity contribution is 7.92. The molecule has 1 aliphatic carbocycles. The first-order valence-corrected chi connectivity index (χ1v) is 10.4.